The molecule has 0 saturated heterocycles. The average Bonchev–Trinajstić information content (AvgIpc) is 2.53. The quantitative estimate of drug-likeness (QED) is 0.914. The summed E-state index contributed by atoms with van der Waals surface area (Å²) >= 11 is 0. The fourth-order valence-corrected chi connectivity index (χ4v) is 2.66. The minimum absolute atomic E-state index is 0. The Morgan fingerprint density at radius 3 is 2.55 bits per heavy atom. The van der Waals surface area contributed by atoms with Crippen molar-refractivity contribution < 1.29 is 4.79 Å². The molecule has 2 N–H and O–H groups in total. The predicted molar refractivity (Wildman–Crippen MR) is 91.0 cm³/mol. The largest absolute Gasteiger partial charge is 0.351 e. The monoisotopic (exact) mass is 316 g/mol. The van der Waals surface area contributed by atoms with Crippen molar-refractivity contribution >= 4 is 18.3 Å². The molecule has 1 amide bonds. The molecule has 116 valence electrons. The van der Waals surface area contributed by atoms with Crippen LogP contribution in [0.25, 0.3) is 0 Å². The Hall–Kier alpha value is -1.84. The molecule has 3 rings (SSSR count). The van der Waals surface area contributed by atoms with Crippen molar-refractivity contribution in [1.29, 1.82) is 0 Å². The van der Waals surface area contributed by atoms with Crippen molar-refractivity contribution in [1.82, 2.24) is 10.6 Å². The normalized spacial score (nSPS) is 16.3. The molecule has 22 heavy (non-hydrogen) atoms. The van der Waals surface area contributed by atoms with Crippen molar-refractivity contribution in [2.45, 2.75) is 32.5 Å². The highest BCUT2D eigenvalue weighted by molar-refractivity contribution is 5.85. The van der Waals surface area contributed by atoms with Gasteiger partial charge in [0, 0.05) is 13.1 Å². The third kappa shape index (κ3) is 3.87. The number of hydrogen-bond donors (Lipinski definition) is 2. The fraction of sp³-hybridized carbons (Fsp3) is 0.278. The van der Waals surface area contributed by atoms with E-state index < -0.39 is 0 Å². The molecule has 0 aliphatic carbocycles. The first-order valence-electron chi connectivity index (χ1n) is 7.36. The number of fused-ring (bicyclic) bond motifs is 1. The molecule has 1 atom stereocenters. The summed E-state index contributed by atoms with van der Waals surface area (Å²) in [7, 11) is 0. The highest BCUT2D eigenvalue weighted by Crippen LogP contribution is 2.16. The molecule has 3 nitrogen and oxygen atoms in total. The van der Waals surface area contributed by atoms with Crippen LogP contribution in [-0.2, 0) is 24.3 Å². The van der Waals surface area contributed by atoms with E-state index in [0.29, 0.717) is 6.54 Å². The molecule has 0 bridgehead atoms. The Bertz CT molecular complexity index is 640. The Labute approximate surface area is 137 Å². The van der Waals surface area contributed by atoms with Gasteiger partial charge in [0.25, 0.3) is 0 Å². The lowest BCUT2D eigenvalue weighted by Gasteiger charge is -2.25. The minimum Gasteiger partial charge on any atom is -0.351 e. The third-order valence-electron chi connectivity index (χ3n) is 3.99. The lowest BCUT2D eigenvalue weighted by atomic mass is 9.95. The Kier molecular flexibility index (Phi) is 5.58. The molecule has 4 heteroatoms. The van der Waals surface area contributed by atoms with Crippen LogP contribution < -0.4 is 10.6 Å². The summed E-state index contributed by atoms with van der Waals surface area (Å²) in [6.07, 6.45) is 0.760. The minimum atomic E-state index is -0.134. The van der Waals surface area contributed by atoms with E-state index in [1.807, 2.05) is 12.1 Å². The van der Waals surface area contributed by atoms with Gasteiger partial charge in [0.2, 0.25) is 5.91 Å². The maximum absolute atomic E-state index is 12.3. The van der Waals surface area contributed by atoms with Crippen LogP contribution in [0.15, 0.2) is 48.5 Å². The molecule has 2 aromatic carbocycles. The number of amides is 1. The van der Waals surface area contributed by atoms with Crippen LogP contribution in [0.4, 0.5) is 0 Å². The fourth-order valence-electron chi connectivity index (χ4n) is 2.66. The van der Waals surface area contributed by atoms with E-state index in [-0.39, 0.29) is 24.4 Å². The van der Waals surface area contributed by atoms with Crippen LogP contribution in [0.5, 0.6) is 0 Å². The van der Waals surface area contributed by atoms with E-state index in [0.717, 1.165) is 18.5 Å². The predicted octanol–water partition coefficient (Wildman–Crippen LogP) is 2.75. The van der Waals surface area contributed by atoms with Gasteiger partial charge in [0.15, 0.2) is 0 Å². The molecule has 1 aliphatic heterocycles. The van der Waals surface area contributed by atoms with Crippen LogP contribution in [-0.4, -0.2) is 11.9 Å². The summed E-state index contributed by atoms with van der Waals surface area (Å²) < 4.78 is 0. The van der Waals surface area contributed by atoms with E-state index in [1.54, 1.807) is 0 Å². The third-order valence-corrected chi connectivity index (χ3v) is 3.99. The van der Waals surface area contributed by atoms with Crippen molar-refractivity contribution in [3.05, 3.63) is 70.8 Å². The second-order valence-electron chi connectivity index (χ2n) is 5.61. The molecule has 2 aromatic rings. The molecule has 0 radical (unpaired) electrons. The van der Waals surface area contributed by atoms with Gasteiger partial charge in [0.05, 0.1) is 6.04 Å². The maximum atomic E-state index is 12.3. The molecular weight excluding hydrogens is 296 g/mol. The number of carbonyl (C=O) groups excluding carboxylic acids is 1. The van der Waals surface area contributed by atoms with Crippen molar-refractivity contribution in [3.8, 4) is 0 Å². The molecule has 1 aliphatic rings. The summed E-state index contributed by atoms with van der Waals surface area (Å²) in [6, 6.07) is 16.4. The molecule has 0 saturated carbocycles. The van der Waals surface area contributed by atoms with Gasteiger partial charge in [-0.2, -0.15) is 0 Å². The van der Waals surface area contributed by atoms with Gasteiger partial charge in [-0.15, -0.1) is 12.4 Å². The smallest absolute Gasteiger partial charge is 0.237 e. The SMILES string of the molecule is Cc1ccc(CNC(=O)C2Cc3ccccc3CN2)cc1.Cl. The lowest BCUT2D eigenvalue weighted by Crippen LogP contribution is -2.47. The molecule has 0 fully saturated rings. The second-order valence-corrected chi connectivity index (χ2v) is 5.61. The summed E-state index contributed by atoms with van der Waals surface area (Å²) in [5.41, 5.74) is 4.92. The van der Waals surface area contributed by atoms with E-state index in [1.165, 1.54) is 16.7 Å². The van der Waals surface area contributed by atoms with Crippen LogP contribution >= 0.6 is 12.4 Å². The summed E-state index contributed by atoms with van der Waals surface area (Å²) in [5, 5.41) is 6.33. The lowest BCUT2D eigenvalue weighted by molar-refractivity contribution is -0.123. The number of nitrogens with one attached hydrogen (secondary N) is 2. The van der Waals surface area contributed by atoms with Crippen molar-refractivity contribution in [3.63, 3.8) is 0 Å². The Morgan fingerprint density at radius 2 is 1.82 bits per heavy atom. The van der Waals surface area contributed by atoms with E-state index in [9.17, 15) is 4.79 Å². The number of aryl methyl sites for hydroxylation is 1. The standard InChI is InChI=1S/C18H20N2O.ClH/c1-13-6-8-14(9-7-13)11-20-18(21)17-10-15-4-2-3-5-16(15)12-19-17;/h2-9,17,19H,10-12H2,1H3,(H,20,21);1H. The van der Waals surface area contributed by atoms with Crippen molar-refractivity contribution in [2.75, 3.05) is 0 Å². The van der Waals surface area contributed by atoms with Crippen LogP contribution in [0.2, 0.25) is 0 Å². The first-order chi connectivity index (χ1) is 10.2. The zero-order valence-corrected chi connectivity index (χ0v) is 13.5. The van der Waals surface area contributed by atoms with Gasteiger partial charge in [-0.05, 0) is 30.0 Å². The number of carbonyl (C=O) groups is 1. The highest BCUT2D eigenvalue weighted by atomic mass is 35.5. The van der Waals surface area contributed by atoms with E-state index in [4.69, 9.17) is 0 Å². The van der Waals surface area contributed by atoms with Gasteiger partial charge >= 0.3 is 0 Å². The van der Waals surface area contributed by atoms with Crippen LogP contribution in [0.3, 0.4) is 0 Å². The molecular formula is C18H21ClN2O. The summed E-state index contributed by atoms with van der Waals surface area (Å²) in [5.74, 6) is 0.0741. The maximum Gasteiger partial charge on any atom is 0.237 e. The first-order valence-corrected chi connectivity index (χ1v) is 7.36. The second kappa shape index (κ2) is 7.43. The van der Waals surface area contributed by atoms with Gasteiger partial charge in [-0.1, -0.05) is 54.1 Å². The summed E-state index contributed by atoms with van der Waals surface area (Å²) in [4.78, 5) is 12.3. The van der Waals surface area contributed by atoms with Crippen molar-refractivity contribution in [2.24, 2.45) is 0 Å². The molecule has 0 aromatic heterocycles. The van der Waals surface area contributed by atoms with E-state index in [2.05, 4.69) is 54.0 Å². The van der Waals surface area contributed by atoms with Crippen LogP contribution in [0, 0.1) is 6.92 Å². The zero-order chi connectivity index (χ0) is 14.7. The molecule has 1 heterocycles. The Balaban J connectivity index is 0.00000176. The first kappa shape index (κ1) is 16.5. The number of rotatable bonds is 3. The van der Waals surface area contributed by atoms with E-state index >= 15 is 0 Å². The van der Waals surface area contributed by atoms with Crippen LogP contribution in [0.1, 0.15) is 22.3 Å². The van der Waals surface area contributed by atoms with Gasteiger partial charge in [-0.25, -0.2) is 0 Å². The van der Waals surface area contributed by atoms with Gasteiger partial charge in [-0.3, -0.25) is 4.79 Å². The number of hydrogen-bond acceptors (Lipinski definition) is 2. The van der Waals surface area contributed by atoms with Gasteiger partial charge in [0.1, 0.15) is 0 Å². The highest BCUT2D eigenvalue weighted by Gasteiger charge is 2.23. The Morgan fingerprint density at radius 1 is 1.14 bits per heavy atom. The summed E-state index contributed by atoms with van der Waals surface area (Å²) in [6.45, 7) is 3.41. The molecule has 0 spiro atoms. The number of benzene rings is 2. The number of halogens is 1. The van der Waals surface area contributed by atoms with Gasteiger partial charge < -0.3 is 10.6 Å². The zero-order valence-electron chi connectivity index (χ0n) is 12.6. The average molecular weight is 317 g/mol. The molecule has 1 unspecified atom stereocenters. The topological polar surface area (TPSA) is 41.1 Å².